The number of benzene rings is 1. The van der Waals surface area contributed by atoms with E-state index < -0.39 is 9.84 Å². The second-order valence-corrected chi connectivity index (χ2v) is 9.69. The van der Waals surface area contributed by atoms with Gasteiger partial charge in [0.25, 0.3) is 0 Å². The predicted molar refractivity (Wildman–Crippen MR) is 108 cm³/mol. The minimum atomic E-state index is -3.15. The molecular weight excluding hydrogens is 346 g/mol. The molecule has 0 spiro atoms. The second kappa shape index (κ2) is 8.89. The van der Waals surface area contributed by atoms with Crippen molar-refractivity contribution in [1.29, 1.82) is 0 Å². The van der Waals surface area contributed by atoms with Crippen molar-refractivity contribution in [2.75, 3.05) is 25.9 Å². The number of rotatable bonds is 6. The van der Waals surface area contributed by atoms with Crippen LogP contribution >= 0.6 is 0 Å². The first kappa shape index (κ1) is 20.7. The number of sulfone groups is 1. The fraction of sp³-hybridized carbons (Fsp3) is 0.650. The molecule has 2 rings (SSSR count). The highest BCUT2D eigenvalue weighted by Gasteiger charge is 2.31. The van der Waals surface area contributed by atoms with Crippen LogP contribution in [0.4, 0.5) is 0 Å². The van der Waals surface area contributed by atoms with Crippen LogP contribution in [0.2, 0.25) is 0 Å². The van der Waals surface area contributed by atoms with Crippen molar-refractivity contribution in [1.82, 2.24) is 10.2 Å². The van der Waals surface area contributed by atoms with Gasteiger partial charge in [-0.25, -0.2) is 13.4 Å². The van der Waals surface area contributed by atoms with Crippen LogP contribution in [-0.2, 0) is 16.4 Å². The van der Waals surface area contributed by atoms with E-state index in [-0.39, 0.29) is 0 Å². The smallest absolute Gasteiger partial charge is 0.194 e. The van der Waals surface area contributed by atoms with Crippen molar-refractivity contribution in [3.8, 4) is 0 Å². The third-order valence-corrected chi connectivity index (χ3v) is 6.16. The maximum absolute atomic E-state index is 11.6. The van der Waals surface area contributed by atoms with E-state index in [1.807, 2.05) is 12.1 Å². The molecule has 1 unspecified atom stereocenters. The van der Waals surface area contributed by atoms with Gasteiger partial charge in [-0.15, -0.1) is 0 Å². The number of nitrogens with zero attached hydrogens (tertiary/aromatic N) is 2. The topological polar surface area (TPSA) is 61.8 Å². The molecule has 1 aromatic rings. The molecular formula is C20H33N3O2S. The van der Waals surface area contributed by atoms with Crippen LogP contribution in [0.5, 0.6) is 0 Å². The summed E-state index contributed by atoms with van der Waals surface area (Å²) in [5, 5.41) is 3.42. The summed E-state index contributed by atoms with van der Waals surface area (Å²) >= 11 is 0. The van der Waals surface area contributed by atoms with Crippen LogP contribution in [0.1, 0.15) is 52.0 Å². The van der Waals surface area contributed by atoms with E-state index in [0.717, 1.165) is 31.2 Å². The summed E-state index contributed by atoms with van der Waals surface area (Å²) in [5.41, 5.74) is 1.38. The van der Waals surface area contributed by atoms with E-state index in [1.54, 1.807) is 12.1 Å². The van der Waals surface area contributed by atoms with Gasteiger partial charge in [0.15, 0.2) is 15.8 Å². The molecule has 26 heavy (non-hydrogen) atoms. The molecule has 1 aromatic carbocycles. The summed E-state index contributed by atoms with van der Waals surface area (Å²) in [6.07, 6.45) is 6.17. The fourth-order valence-electron chi connectivity index (χ4n) is 3.74. The molecule has 0 aromatic heterocycles. The molecule has 1 aliphatic heterocycles. The molecule has 146 valence electrons. The fourth-order valence-corrected chi connectivity index (χ4v) is 4.37. The Bertz CT molecular complexity index is 709. The van der Waals surface area contributed by atoms with Crippen LogP contribution in [0, 0.1) is 5.41 Å². The molecule has 0 radical (unpaired) electrons. The van der Waals surface area contributed by atoms with Crippen molar-refractivity contribution in [3.63, 3.8) is 0 Å². The van der Waals surface area contributed by atoms with Gasteiger partial charge in [0.1, 0.15) is 0 Å². The average Bonchev–Trinajstić information content (AvgIpc) is 2.58. The number of piperidine rings is 1. The molecule has 1 aliphatic rings. The highest BCUT2D eigenvalue weighted by molar-refractivity contribution is 7.90. The van der Waals surface area contributed by atoms with Gasteiger partial charge in [0.2, 0.25) is 0 Å². The first-order valence-electron chi connectivity index (χ1n) is 9.59. The summed E-state index contributed by atoms with van der Waals surface area (Å²) < 4.78 is 23.1. The minimum absolute atomic E-state index is 0.350. The predicted octanol–water partition coefficient (Wildman–Crippen LogP) is 3.46. The molecule has 0 aliphatic carbocycles. The summed E-state index contributed by atoms with van der Waals surface area (Å²) in [6, 6.07) is 7.01. The Labute approximate surface area is 158 Å². The Hall–Kier alpha value is -1.56. The zero-order valence-corrected chi connectivity index (χ0v) is 17.4. The van der Waals surface area contributed by atoms with E-state index in [1.165, 1.54) is 31.9 Å². The molecule has 6 heteroatoms. The third kappa shape index (κ3) is 5.73. The molecule has 1 heterocycles. The highest BCUT2D eigenvalue weighted by Crippen LogP contribution is 2.33. The van der Waals surface area contributed by atoms with Crippen LogP contribution in [0.15, 0.2) is 34.2 Å². The Morgan fingerprint density at radius 2 is 1.96 bits per heavy atom. The standard InChI is InChI=1S/C20H33N3O2S/c1-5-12-20(3)13-7-14-23(16-20)19(21-6-2)22-15-17-8-10-18(11-9-17)26(4,24)25/h8-11H,5-7,12-16H2,1-4H3,(H,21,22). The number of hydrogen-bond donors (Lipinski definition) is 1. The maximum atomic E-state index is 11.6. The average molecular weight is 380 g/mol. The lowest BCUT2D eigenvalue weighted by Crippen LogP contribution is -2.49. The van der Waals surface area contributed by atoms with Gasteiger partial charge >= 0.3 is 0 Å². The van der Waals surface area contributed by atoms with Gasteiger partial charge in [-0.05, 0) is 49.3 Å². The van der Waals surface area contributed by atoms with Gasteiger partial charge < -0.3 is 10.2 Å². The molecule has 1 N–H and O–H groups in total. The minimum Gasteiger partial charge on any atom is -0.357 e. The maximum Gasteiger partial charge on any atom is 0.194 e. The largest absolute Gasteiger partial charge is 0.357 e. The zero-order chi connectivity index (χ0) is 19.2. The molecule has 0 saturated carbocycles. The number of nitrogens with one attached hydrogen (secondary N) is 1. The number of likely N-dealkylation sites (tertiary alicyclic amines) is 1. The molecule has 1 fully saturated rings. The Morgan fingerprint density at radius 1 is 1.27 bits per heavy atom. The van der Waals surface area contributed by atoms with Gasteiger partial charge in [0, 0.05) is 25.9 Å². The lowest BCUT2D eigenvalue weighted by atomic mass is 9.78. The van der Waals surface area contributed by atoms with Crippen molar-refractivity contribution >= 4 is 15.8 Å². The summed E-state index contributed by atoms with van der Waals surface area (Å²) in [6.45, 7) is 10.2. The SMILES string of the molecule is CCCC1(C)CCCN(C(=NCc2ccc(S(C)(=O)=O)cc2)NCC)C1. The Balaban J connectivity index is 2.11. The summed E-state index contributed by atoms with van der Waals surface area (Å²) in [4.78, 5) is 7.54. The Morgan fingerprint density at radius 3 is 2.54 bits per heavy atom. The van der Waals surface area contributed by atoms with Gasteiger partial charge in [-0.3, -0.25) is 0 Å². The summed E-state index contributed by atoms with van der Waals surface area (Å²) in [5.74, 6) is 0.960. The quantitative estimate of drug-likeness (QED) is 0.607. The number of aliphatic imine (C=N–C) groups is 1. The third-order valence-electron chi connectivity index (χ3n) is 5.03. The first-order chi connectivity index (χ1) is 12.3. The monoisotopic (exact) mass is 379 g/mol. The van der Waals surface area contributed by atoms with E-state index in [4.69, 9.17) is 4.99 Å². The van der Waals surface area contributed by atoms with Crippen molar-refractivity contribution in [2.24, 2.45) is 10.4 Å². The van der Waals surface area contributed by atoms with E-state index in [9.17, 15) is 8.42 Å². The van der Waals surface area contributed by atoms with E-state index in [2.05, 4.69) is 31.0 Å². The van der Waals surface area contributed by atoms with Crippen LogP contribution in [0.25, 0.3) is 0 Å². The van der Waals surface area contributed by atoms with Crippen molar-refractivity contribution in [2.45, 2.75) is 57.9 Å². The van der Waals surface area contributed by atoms with E-state index >= 15 is 0 Å². The second-order valence-electron chi connectivity index (χ2n) is 7.67. The van der Waals surface area contributed by atoms with Gasteiger partial charge in [0.05, 0.1) is 11.4 Å². The Kier molecular flexibility index (Phi) is 7.09. The first-order valence-corrected chi connectivity index (χ1v) is 11.5. The lowest BCUT2D eigenvalue weighted by molar-refractivity contribution is 0.142. The van der Waals surface area contributed by atoms with E-state index in [0.29, 0.717) is 16.9 Å². The highest BCUT2D eigenvalue weighted by atomic mass is 32.2. The van der Waals surface area contributed by atoms with Gasteiger partial charge in [-0.1, -0.05) is 32.4 Å². The van der Waals surface area contributed by atoms with Crippen molar-refractivity contribution < 1.29 is 8.42 Å². The van der Waals surface area contributed by atoms with Crippen LogP contribution in [-0.4, -0.2) is 45.2 Å². The normalized spacial score (nSPS) is 21.7. The zero-order valence-electron chi connectivity index (χ0n) is 16.6. The molecule has 1 atom stereocenters. The molecule has 1 saturated heterocycles. The van der Waals surface area contributed by atoms with Crippen molar-refractivity contribution in [3.05, 3.63) is 29.8 Å². The van der Waals surface area contributed by atoms with Gasteiger partial charge in [-0.2, -0.15) is 0 Å². The molecule has 5 nitrogen and oxygen atoms in total. The van der Waals surface area contributed by atoms with Crippen LogP contribution < -0.4 is 5.32 Å². The molecule has 0 amide bonds. The number of hydrogen-bond acceptors (Lipinski definition) is 3. The summed E-state index contributed by atoms with van der Waals surface area (Å²) in [7, 11) is -3.15. The van der Waals surface area contributed by atoms with Crippen LogP contribution in [0.3, 0.4) is 0 Å². The number of guanidine groups is 1. The molecule has 0 bridgehead atoms. The lowest BCUT2D eigenvalue weighted by Gasteiger charge is -2.42.